The Morgan fingerprint density at radius 3 is 1.54 bits per heavy atom. The minimum Gasteiger partial charge on any atom is -0.444 e. The highest BCUT2D eigenvalue weighted by molar-refractivity contribution is 9.10. The Balaban J connectivity index is 0.000000280. The number of nitrogens with one attached hydrogen (secondary N) is 2. The van der Waals surface area contributed by atoms with E-state index in [0.29, 0.717) is 20.1 Å². The summed E-state index contributed by atoms with van der Waals surface area (Å²) in [6.07, 6.45) is 1.19. The van der Waals surface area contributed by atoms with E-state index in [4.69, 9.17) is 9.47 Å². The van der Waals surface area contributed by atoms with Gasteiger partial charge in [0.25, 0.3) is 0 Å². The second kappa shape index (κ2) is 18.1. The Hall–Kier alpha value is -4.12. The number of hydrogen-bond donors (Lipinski definition) is 4. The first-order valence-corrected chi connectivity index (χ1v) is 17.2. The molecule has 280 valence electrons. The molecule has 2 heterocycles. The van der Waals surface area contributed by atoms with Crippen LogP contribution in [-0.4, -0.2) is 43.6 Å². The van der Waals surface area contributed by atoms with E-state index in [0.717, 1.165) is 36.4 Å². The highest BCUT2D eigenvalue weighted by atomic mass is 79.9. The fourth-order valence-corrected chi connectivity index (χ4v) is 5.36. The van der Waals surface area contributed by atoms with Crippen molar-refractivity contribution in [3.63, 3.8) is 0 Å². The van der Waals surface area contributed by atoms with Crippen molar-refractivity contribution in [2.45, 2.75) is 77.0 Å². The average Bonchev–Trinajstić information content (AvgIpc) is 3.03. The summed E-state index contributed by atoms with van der Waals surface area (Å²) in [5.74, 6) is -2.96. The first-order chi connectivity index (χ1) is 24.1. The summed E-state index contributed by atoms with van der Waals surface area (Å²) in [5.41, 5.74) is -1.35. The van der Waals surface area contributed by atoms with E-state index in [9.17, 15) is 37.4 Å². The number of alkyl carbamates (subject to hydrolysis) is 2. The molecule has 0 radical (unpaired) electrons. The number of hydrogen-bond acceptors (Lipinski definition) is 8. The van der Waals surface area contributed by atoms with E-state index in [1.807, 2.05) is 0 Å². The van der Waals surface area contributed by atoms with Crippen molar-refractivity contribution in [3.8, 4) is 0 Å². The molecule has 10 nitrogen and oxygen atoms in total. The molecule has 0 fully saturated rings. The molecule has 0 saturated carbocycles. The molecule has 4 N–H and O–H groups in total. The van der Waals surface area contributed by atoms with Crippen LogP contribution in [-0.2, 0) is 9.47 Å². The van der Waals surface area contributed by atoms with Gasteiger partial charge in [-0.1, -0.05) is 0 Å². The minimum absolute atomic E-state index is 0.205. The second-order valence-corrected chi connectivity index (χ2v) is 15.2. The van der Waals surface area contributed by atoms with Crippen molar-refractivity contribution < 1.29 is 46.8 Å². The maximum atomic E-state index is 14.3. The van der Waals surface area contributed by atoms with Gasteiger partial charge in [-0.15, -0.1) is 0 Å². The minimum atomic E-state index is -1.56. The van der Waals surface area contributed by atoms with Gasteiger partial charge in [0.2, 0.25) is 0 Å². The molecule has 4 aromatic rings. The number of benzene rings is 2. The van der Waals surface area contributed by atoms with Crippen molar-refractivity contribution in [1.82, 2.24) is 20.6 Å². The average molecular weight is 859 g/mol. The van der Waals surface area contributed by atoms with Crippen LogP contribution >= 0.6 is 31.9 Å². The largest absolute Gasteiger partial charge is 0.444 e. The van der Waals surface area contributed by atoms with Crippen molar-refractivity contribution in [3.05, 3.63) is 128 Å². The number of aliphatic hydroxyl groups excluding tert-OH is 2. The van der Waals surface area contributed by atoms with Crippen molar-refractivity contribution in [1.29, 1.82) is 0 Å². The number of pyridine rings is 2. The van der Waals surface area contributed by atoms with Crippen LogP contribution in [0.4, 0.5) is 27.2 Å². The van der Waals surface area contributed by atoms with Gasteiger partial charge in [-0.2, -0.15) is 0 Å². The van der Waals surface area contributed by atoms with Crippen LogP contribution < -0.4 is 10.6 Å². The number of aromatic nitrogens is 2. The Labute approximate surface area is 315 Å². The fourth-order valence-electron chi connectivity index (χ4n) is 4.59. The Kier molecular flexibility index (Phi) is 14.7. The summed E-state index contributed by atoms with van der Waals surface area (Å²) < 4.78 is 67.1. The van der Waals surface area contributed by atoms with Gasteiger partial charge >= 0.3 is 12.2 Å². The molecule has 2 amide bonds. The maximum absolute atomic E-state index is 14.3. The first-order valence-electron chi connectivity index (χ1n) is 15.6. The SMILES string of the molecule is CC(C)(C)OC(=O)N[C@H](c1cc(F)ccc1F)[C@H](O)c1cncc(Br)c1.CC(C)(C)OC(=O)N[C@H](c1cncc(Br)c1)[C@H](O)c1cc(F)ccc1F. The zero-order valence-corrected chi connectivity index (χ0v) is 32.1. The number of halogens is 6. The fraction of sp³-hybridized carbons (Fsp3) is 0.333. The van der Waals surface area contributed by atoms with Gasteiger partial charge in [0.05, 0.1) is 12.1 Å². The van der Waals surface area contributed by atoms with Crippen molar-refractivity contribution in [2.75, 3.05) is 0 Å². The number of nitrogens with zero attached hydrogens (tertiary/aromatic N) is 2. The molecule has 0 unspecified atom stereocenters. The number of rotatable bonds is 8. The van der Waals surface area contributed by atoms with Crippen LogP contribution in [0.2, 0.25) is 0 Å². The highest BCUT2D eigenvalue weighted by Crippen LogP contribution is 2.33. The molecule has 0 aliphatic rings. The predicted molar refractivity (Wildman–Crippen MR) is 191 cm³/mol. The lowest BCUT2D eigenvalue weighted by Gasteiger charge is -2.27. The molecule has 4 rings (SSSR count). The van der Waals surface area contributed by atoms with Gasteiger partial charge < -0.3 is 30.3 Å². The summed E-state index contributed by atoms with van der Waals surface area (Å²) >= 11 is 6.49. The molecule has 52 heavy (non-hydrogen) atoms. The third kappa shape index (κ3) is 13.1. The van der Waals surface area contributed by atoms with Gasteiger partial charge in [-0.25, -0.2) is 27.2 Å². The van der Waals surface area contributed by atoms with Gasteiger partial charge in [0.1, 0.15) is 46.7 Å². The molecular formula is C36H38Br2F4N4O6. The van der Waals surface area contributed by atoms with Crippen molar-refractivity contribution >= 4 is 44.0 Å². The molecule has 0 aliphatic carbocycles. The summed E-state index contributed by atoms with van der Waals surface area (Å²) in [5, 5.41) is 26.3. The molecule has 16 heteroatoms. The van der Waals surface area contributed by atoms with Gasteiger partial charge in [0.15, 0.2) is 0 Å². The molecule has 0 bridgehead atoms. The van der Waals surface area contributed by atoms with Crippen LogP contribution in [0.15, 0.2) is 82.3 Å². The van der Waals surface area contributed by atoms with Gasteiger partial charge in [-0.3, -0.25) is 9.97 Å². The monoisotopic (exact) mass is 856 g/mol. The lowest BCUT2D eigenvalue weighted by molar-refractivity contribution is 0.0407. The number of carbonyl (C=O) groups is 2. The van der Waals surface area contributed by atoms with E-state index in [2.05, 4.69) is 52.5 Å². The third-order valence-corrected chi connectivity index (χ3v) is 7.57. The number of aliphatic hydroxyl groups is 2. The van der Waals surface area contributed by atoms with E-state index >= 15 is 0 Å². The highest BCUT2D eigenvalue weighted by Gasteiger charge is 2.31. The van der Waals surface area contributed by atoms with E-state index in [1.165, 1.54) is 24.8 Å². The van der Waals surface area contributed by atoms with E-state index in [1.54, 1.807) is 53.7 Å². The Bertz CT molecular complexity index is 1860. The number of ether oxygens (including phenoxy) is 2. The lowest BCUT2D eigenvalue weighted by atomic mass is 9.96. The third-order valence-electron chi connectivity index (χ3n) is 6.70. The summed E-state index contributed by atoms with van der Waals surface area (Å²) in [7, 11) is 0. The van der Waals surface area contributed by atoms with Gasteiger partial charge in [-0.05, 0) is 127 Å². The Morgan fingerprint density at radius 2 is 1.06 bits per heavy atom. The zero-order chi connectivity index (χ0) is 39.0. The van der Waals surface area contributed by atoms with Crippen LogP contribution in [0.3, 0.4) is 0 Å². The molecule has 0 saturated heterocycles. The smallest absolute Gasteiger partial charge is 0.408 e. The molecule has 2 aromatic heterocycles. The summed E-state index contributed by atoms with van der Waals surface area (Å²) in [6.45, 7) is 10.1. The van der Waals surface area contributed by atoms with E-state index in [-0.39, 0.29) is 11.1 Å². The van der Waals surface area contributed by atoms with Crippen LogP contribution in [0.25, 0.3) is 0 Å². The molecule has 4 atom stereocenters. The summed E-state index contributed by atoms with van der Waals surface area (Å²) in [6, 6.07) is 6.34. The van der Waals surface area contributed by atoms with Crippen LogP contribution in [0, 0.1) is 23.3 Å². The number of amides is 2. The van der Waals surface area contributed by atoms with Crippen LogP contribution in [0.5, 0.6) is 0 Å². The molecule has 0 aliphatic heterocycles. The molecule has 2 aromatic carbocycles. The maximum Gasteiger partial charge on any atom is 0.408 e. The normalized spacial score (nSPS) is 13.8. The standard InChI is InChI=1S/2C18H19BrF2N2O3/c1-18(2,3)26-17(25)23-15(13-7-12(20)4-5-14(13)21)16(24)10-6-11(19)9-22-8-10;1-18(2,3)26-17(25)23-15(10-6-11(19)9-22-8-10)16(24)13-7-12(20)4-5-14(13)21/h2*4-9,15-16,24H,1-3H3,(H,23,25)/t2*15-,16-/m11/s1. The van der Waals surface area contributed by atoms with Crippen molar-refractivity contribution in [2.24, 2.45) is 0 Å². The predicted octanol–water partition coefficient (Wildman–Crippen LogP) is 8.84. The zero-order valence-electron chi connectivity index (χ0n) is 28.9. The molecular weight excluding hydrogens is 820 g/mol. The van der Waals surface area contributed by atoms with E-state index < -0.39 is 70.9 Å². The lowest BCUT2D eigenvalue weighted by Crippen LogP contribution is -2.37. The second-order valence-electron chi connectivity index (χ2n) is 13.3. The number of carbonyl (C=O) groups excluding carboxylic acids is 2. The Morgan fingerprint density at radius 1 is 0.635 bits per heavy atom. The first kappa shape index (κ1) is 42.3. The topological polar surface area (TPSA) is 143 Å². The summed E-state index contributed by atoms with van der Waals surface area (Å²) in [4.78, 5) is 32.3. The molecule has 0 spiro atoms. The quantitative estimate of drug-likeness (QED) is 0.129. The van der Waals surface area contributed by atoms with Crippen LogP contribution in [0.1, 0.15) is 88.1 Å². The van der Waals surface area contributed by atoms with Gasteiger partial charge in [0, 0.05) is 50.4 Å².